The molecule has 1 heterocycles. The van der Waals surface area contributed by atoms with Crippen molar-refractivity contribution in [1.29, 1.82) is 0 Å². The Morgan fingerprint density at radius 3 is 2.81 bits per heavy atom. The summed E-state index contributed by atoms with van der Waals surface area (Å²) >= 11 is 0. The molecule has 5 heteroatoms. The number of imidazole rings is 1. The van der Waals surface area contributed by atoms with Gasteiger partial charge in [0.1, 0.15) is 6.20 Å². The Bertz CT molecular complexity index is 361. The molecule has 0 N–H and O–H groups in total. The van der Waals surface area contributed by atoms with Gasteiger partial charge >= 0.3 is 5.97 Å². The molecule has 0 radical (unpaired) electrons. The molecular weight excluding hydrogens is 272 g/mol. The monoisotopic (exact) mass is 288 g/mol. The average molecular weight is 289 g/mol. The van der Waals surface area contributed by atoms with E-state index in [0.29, 0.717) is 0 Å². The molecule has 0 amide bonds. The predicted octanol–water partition coefficient (Wildman–Crippen LogP) is -2.11. The van der Waals surface area contributed by atoms with E-state index in [4.69, 9.17) is 4.84 Å². The van der Waals surface area contributed by atoms with Gasteiger partial charge in [-0.3, -0.25) is 4.84 Å². The van der Waals surface area contributed by atoms with Gasteiger partial charge in [0.2, 0.25) is 0 Å². The second-order valence-corrected chi connectivity index (χ2v) is 3.19. The van der Waals surface area contributed by atoms with Gasteiger partial charge in [0.05, 0.1) is 13.0 Å². The van der Waals surface area contributed by atoms with Crippen LogP contribution in [0.3, 0.4) is 0 Å². The summed E-state index contributed by atoms with van der Waals surface area (Å²) in [7, 11) is 0. The van der Waals surface area contributed by atoms with Crippen LogP contribution in [-0.4, -0.2) is 10.7 Å². The summed E-state index contributed by atoms with van der Waals surface area (Å²) in [5.41, 5.74) is 0. The van der Waals surface area contributed by atoms with E-state index < -0.39 is 5.97 Å². The molecule has 1 rings (SSSR count). The quantitative estimate of drug-likeness (QED) is 0.459. The zero-order chi connectivity index (χ0) is 11.3. The van der Waals surface area contributed by atoms with Crippen molar-refractivity contribution in [2.24, 2.45) is 0 Å². The van der Waals surface area contributed by atoms with E-state index in [0.717, 1.165) is 31.3 Å². The van der Waals surface area contributed by atoms with Gasteiger partial charge in [0.15, 0.2) is 6.20 Å². The molecule has 1 aromatic heterocycles. The fourth-order valence-electron chi connectivity index (χ4n) is 1.42. The van der Waals surface area contributed by atoms with Crippen LogP contribution in [0.25, 0.3) is 0 Å². The van der Waals surface area contributed by atoms with Crippen LogP contribution in [-0.2, 0) is 17.8 Å². The van der Waals surface area contributed by atoms with Gasteiger partial charge < -0.3 is 17.0 Å². The summed E-state index contributed by atoms with van der Waals surface area (Å²) in [5.74, 6) is 0.557. The maximum atomic E-state index is 11.1. The first kappa shape index (κ1) is 14.9. The third kappa shape index (κ3) is 3.48. The first-order valence-corrected chi connectivity index (χ1v) is 5.17. The standard InChI is InChI=1S/C11H17N2O2.BrH/c1-4-7-10-12(6-3)8-9-13(10)15-11(14)5-2;/h5,8-9H,2,4,6-7H2,1,3H3;1H/q+1;/p-1. The number of aryl methyl sites for hydroxylation is 1. The van der Waals surface area contributed by atoms with Gasteiger partial charge in [-0.2, -0.15) is 0 Å². The Kier molecular flexibility index (Phi) is 6.72. The average Bonchev–Trinajstić information content (AvgIpc) is 2.61. The molecule has 0 atom stereocenters. The molecule has 0 saturated heterocycles. The van der Waals surface area contributed by atoms with Crippen molar-refractivity contribution < 1.29 is 31.2 Å². The zero-order valence-electron chi connectivity index (χ0n) is 9.65. The summed E-state index contributed by atoms with van der Waals surface area (Å²) < 4.78 is 3.57. The van der Waals surface area contributed by atoms with Crippen LogP contribution in [0.15, 0.2) is 25.0 Å². The Hall–Kier alpha value is -1.10. The van der Waals surface area contributed by atoms with Crippen molar-refractivity contribution in [3.8, 4) is 0 Å². The number of hydrogen-bond acceptors (Lipinski definition) is 2. The molecule has 0 aliphatic rings. The number of carbonyl (C=O) groups excluding carboxylic acids is 1. The first-order chi connectivity index (χ1) is 7.22. The van der Waals surface area contributed by atoms with Gasteiger partial charge in [0.25, 0.3) is 5.82 Å². The molecule has 0 bridgehead atoms. The summed E-state index contributed by atoms with van der Waals surface area (Å²) in [6.45, 7) is 8.38. The molecule has 90 valence electrons. The summed E-state index contributed by atoms with van der Waals surface area (Å²) in [6.07, 6.45) is 6.70. The lowest BCUT2D eigenvalue weighted by molar-refractivity contribution is -0.701. The van der Waals surface area contributed by atoms with Crippen molar-refractivity contribution in [1.82, 2.24) is 4.73 Å². The minimum Gasteiger partial charge on any atom is -1.00 e. The minimum absolute atomic E-state index is 0. The largest absolute Gasteiger partial charge is 1.00 e. The second-order valence-electron chi connectivity index (χ2n) is 3.19. The summed E-state index contributed by atoms with van der Waals surface area (Å²) in [4.78, 5) is 16.1. The maximum Gasteiger partial charge on any atom is 0.381 e. The number of rotatable bonds is 5. The summed E-state index contributed by atoms with van der Waals surface area (Å²) in [6, 6.07) is 0. The predicted molar refractivity (Wildman–Crippen MR) is 56.1 cm³/mol. The van der Waals surface area contributed by atoms with Crippen molar-refractivity contribution in [2.45, 2.75) is 33.2 Å². The van der Waals surface area contributed by atoms with E-state index in [2.05, 4.69) is 25.0 Å². The number of nitrogens with zero attached hydrogens (tertiary/aromatic N) is 2. The van der Waals surface area contributed by atoms with Crippen LogP contribution in [0.1, 0.15) is 26.1 Å². The molecule has 16 heavy (non-hydrogen) atoms. The maximum absolute atomic E-state index is 11.1. The molecule has 0 aliphatic heterocycles. The van der Waals surface area contributed by atoms with Gasteiger partial charge in [-0.25, -0.2) is 9.36 Å². The van der Waals surface area contributed by atoms with E-state index in [1.807, 2.05) is 6.20 Å². The summed E-state index contributed by atoms with van der Waals surface area (Å²) in [5, 5.41) is 0. The minimum atomic E-state index is -0.439. The van der Waals surface area contributed by atoms with Crippen LogP contribution in [0.4, 0.5) is 0 Å². The highest BCUT2D eigenvalue weighted by Crippen LogP contribution is 1.98. The van der Waals surface area contributed by atoms with Gasteiger partial charge in [-0.15, -0.1) is 0 Å². The number of aromatic nitrogens is 2. The van der Waals surface area contributed by atoms with Crippen LogP contribution in [0.5, 0.6) is 0 Å². The molecule has 4 nitrogen and oxygen atoms in total. The van der Waals surface area contributed by atoms with Gasteiger partial charge in [0, 0.05) is 6.08 Å². The molecule has 0 spiro atoms. The van der Waals surface area contributed by atoms with Crippen molar-refractivity contribution in [3.63, 3.8) is 0 Å². The molecule has 0 aromatic carbocycles. The van der Waals surface area contributed by atoms with Crippen molar-refractivity contribution >= 4 is 5.97 Å². The topological polar surface area (TPSA) is 35.1 Å². The molecule has 0 fully saturated rings. The fraction of sp³-hybridized carbons (Fsp3) is 0.455. The lowest BCUT2D eigenvalue weighted by atomic mass is 10.3. The SMILES string of the molecule is C=CC(=O)On1cc[n+](CC)c1CCC.[Br-]. The fourth-order valence-corrected chi connectivity index (χ4v) is 1.42. The van der Waals surface area contributed by atoms with E-state index in [-0.39, 0.29) is 17.0 Å². The smallest absolute Gasteiger partial charge is 0.381 e. The normalized spacial score (nSPS) is 9.38. The lowest BCUT2D eigenvalue weighted by Crippen LogP contribution is -3.00. The highest BCUT2D eigenvalue weighted by atomic mass is 79.9. The Morgan fingerprint density at radius 1 is 1.62 bits per heavy atom. The highest BCUT2D eigenvalue weighted by molar-refractivity contribution is 5.81. The number of carbonyl (C=O) groups is 1. The molecule has 1 aromatic rings. The third-order valence-electron chi connectivity index (χ3n) is 2.14. The first-order valence-electron chi connectivity index (χ1n) is 5.17. The van der Waals surface area contributed by atoms with Crippen molar-refractivity contribution in [2.75, 3.05) is 0 Å². The van der Waals surface area contributed by atoms with Gasteiger partial charge in [-0.1, -0.05) is 13.5 Å². The van der Waals surface area contributed by atoms with Crippen LogP contribution in [0.2, 0.25) is 0 Å². The van der Waals surface area contributed by atoms with Crippen molar-refractivity contribution in [3.05, 3.63) is 30.9 Å². The lowest BCUT2D eigenvalue weighted by Gasteiger charge is -2.00. The third-order valence-corrected chi connectivity index (χ3v) is 2.14. The zero-order valence-corrected chi connectivity index (χ0v) is 11.2. The molecule has 0 unspecified atom stereocenters. The number of halogens is 1. The van der Waals surface area contributed by atoms with E-state index >= 15 is 0 Å². The van der Waals surface area contributed by atoms with E-state index in [1.54, 1.807) is 6.20 Å². The Morgan fingerprint density at radius 2 is 2.31 bits per heavy atom. The Balaban J connectivity index is 0.00000225. The van der Waals surface area contributed by atoms with Crippen LogP contribution in [0, 0.1) is 0 Å². The molecular formula is C11H17BrN2O2. The Labute approximate surface area is 106 Å². The van der Waals surface area contributed by atoms with Gasteiger partial charge in [-0.05, 0) is 18.1 Å². The van der Waals surface area contributed by atoms with Crippen LogP contribution >= 0.6 is 0 Å². The highest BCUT2D eigenvalue weighted by Gasteiger charge is 2.18. The second kappa shape index (κ2) is 7.22. The molecule has 0 saturated carbocycles. The van der Waals surface area contributed by atoms with E-state index in [1.165, 1.54) is 4.73 Å². The van der Waals surface area contributed by atoms with E-state index in [9.17, 15) is 4.79 Å². The molecule has 0 aliphatic carbocycles. The van der Waals surface area contributed by atoms with Crippen LogP contribution < -0.4 is 26.4 Å². The number of hydrogen-bond donors (Lipinski definition) is 0.